The molecule has 1 amide bonds. The average Bonchev–Trinajstić information content (AvgIpc) is 2.56. The van der Waals surface area contributed by atoms with Crippen molar-refractivity contribution in [1.82, 2.24) is 5.43 Å². The maximum Gasteiger partial charge on any atom is 0.259 e. The molecule has 0 radical (unpaired) electrons. The predicted molar refractivity (Wildman–Crippen MR) is 91.6 cm³/mol. The Balaban J connectivity index is 1.79. The van der Waals surface area contributed by atoms with Crippen LogP contribution in [0.2, 0.25) is 0 Å². The topological polar surface area (TPSA) is 103 Å². The average molecular weight is 329 g/mol. The number of nitrogens with zero attached hydrogens (tertiary/aromatic N) is 1. The third-order valence-corrected chi connectivity index (χ3v) is 3.03. The van der Waals surface area contributed by atoms with Gasteiger partial charge >= 0.3 is 0 Å². The van der Waals surface area contributed by atoms with Crippen LogP contribution in [0.4, 0.5) is 5.69 Å². The van der Waals surface area contributed by atoms with Gasteiger partial charge in [-0.15, -0.1) is 0 Å². The van der Waals surface area contributed by atoms with Crippen LogP contribution in [0.15, 0.2) is 47.6 Å². The number of aromatic hydroxyl groups is 2. The molecule has 126 valence electrons. The maximum absolute atomic E-state index is 11.7. The fourth-order valence-electron chi connectivity index (χ4n) is 1.87. The van der Waals surface area contributed by atoms with Crippen molar-refractivity contribution in [3.63, 3.8) is 0 Å². The first-order valence-corrected chi connectivity index (χ1v) is 7.39. The number of ether oxygens (including phenoxy) is 1. The Morgan fingerprint density at radius 3 is 2.62 bits per heavy atom. The molecule has 0 saturated carbocycles. The molecule has 0 aliphatic rings. The molecule has 7 heteroatoms. The van der Waals surface area contributed by atoms with Crippen LogP contribution in [0.1, 0.15) is 12.5 Å². The largest absolute Gasteiger partial charge is 0.508 e. The van der Waals surface area contributed by atoms with Crippen LogP contribution in [0.25, 0.3) is 0 Å². The number of hydrogen-bond donors (Lipinski definition) is 4. The minimum absolute atomic E-state index is 0.0479. The molecule has 0 saturated heterocycles. The van der Waals surface area contributed by atoms with E-state index in [0.717, 1.165) is 11.4 Å². The summed E-state index contributed by atoms with van der Waals surface area (Å²) in [6, 6.07) is 11.3. The van der Waals surface area contributed by atoms with Gasteiger partial charge in [0.25, 0.3) is 5.91 Å². The Bertz CT molecular complexity index is 714. The van der Waals surface area contributed by atoms with Gasteiger partial charge in [0, 0.05) is 17.3 Å². The molecule has 0 aliphatic carbocycles. The molecule has 7 nitrogen and oxygen atoms in total. The van der Waals surface area contributed by atoms with Gasteiger partial charge in [0.1, 0.15) is 17.2 Å². The van der Waals surface area contributed by atoms with Gasteiger partial charge in [-0.05, 0) is 43.3 Å². The molecule has 0 fully saturated rings. The smallest absolute Gasteiger partial charge is 0.259 e. The molecule has 0 unspecified atom stereocenters. The van der Waals surface area contributed by atoms with Crippen molar-refractivity contribution in [3.05, 3.63) is 48.0 Å². The van der Waals surface area contributed by atoms with Gasteiger partial charge in [-0.3, -0.25) is 4.79 Å². The molecule has 24 heavy (non-hydrogen) atoms. The van der Waals surface area contributed by atoms with Crippen molar-refractivity contribution in [2.45, 2.75) is 6.92 Å². The molecule has 2 rings (SSSR count). The maximum atomic E-state index is 11.7. The Morgan fingerprint density at radius 2 is 1.96 bits per heavy atom. The SMILES string of the molecule is CCOc1ccc(NCC(=O)N/N=C\c2ccc(O)cc2O)cc1. The summed E-state index contributed by atoms with van der Waals surface area (Å²) < 4.78 is 5.34. The number of phenolic OH excluding ortho intramolecular Hbond substituents is 2. The lowest BCUT2D eigenvalue weighted by Crippen LogP contribution is -2.25. The summed E-state index contributed by atoms with van der Waals surface area (Å²) in [7, 11) is 0. The van der Waals surface area contributed by atoms with Crippen molar-refractivity contribution in [1.29, 1.82) is 0 Å². The van der Waals surface area contributed by atoms with Gasteiger partial charge in [0.2, 0.25) is 0 Å². The van der Waals surface area contributed by atoms with Crippen LogP contribution in [-0.2, 0) is 4.79 Å². The van der Waals surface area contributed by atoms with E-state index in [0.29, 0.717) is 12.2 Å². The van der Waals surface area contributed by atoms with E-state index in [1.54, 1.807) is 0 Å². The molecule has 0 bridgehead atoms. The zero-order valence-electron chi connectivity index (χ0n) is 13.2. The molecule has 0 aromatic heterocycles. The number of phenols is 2. The van der Waals surface area contributed by atoms with Crippen LogP contribution in [-0.4, -0.2) is 35.5 Å². The van der Waals surface area contributed by atoms with Crippen LogP contribution >= 0.6 is 0 Å². The summed E-state index contributed by atoms with van der Waals surface area (Å²) in [5.74, 6) is 0.262. The second-order valence-corrected chi connectivity index (χ2v) is 4.85. The highest BCUT2D eigenvalue weighted by Crippen LogP contribution is 2.20. The Morgan fingerprint density at radius 1 is 1.21 bits per heavy atom. The first kappa shape index (κ1) is 17.1. The molecule has 0 heterocycles. The van der Waals surface area contributed by atoms with E-state index in [1.165, 1.54) is 24.4 Å². The number of carbonyl (C=O) groups is 1. The lowest BCUT2D eigenvalue weighted by molar-refractivity contribution is -0.119. The van der Waals surface area contributed by atoms with E-state index in [2.05, 4.69) is 15.8 Å². The van der Waals surface area contributed by atoms with Gasteiger partial charge in [-0.25, -0.2) is 5.43 Å². The third-order valence-electron chi connectivity index (χ3n) is 3.03. The molecule has 0 atom stereocenters. The van der Waals surface area contributed by atoms with E-state index >= 15 is 0 Å². The highest BCUT2D eigenvalue weighted by molar-refractivity contribution is 5.86. The number of hydrazone groups is 1. The summed E-state index contributed by atoms with van der Waals surface area (Å²) in [6.07, 6.45) is 1.30. The Hall–Kier alpha value is -3.22. The van der Waals surface area contributed by atoms with Crippen molar-refractivity contribution >= 4 is 17.8 Å². The molecule has 2 aromatic carbocycles. The minimum atomic E-state index is -0.335. The number of benzene rings is 2. The van der Waals surface area contributed by atoms with Crippen LogP contribution in [0.5, 0.6) is 17.2 Å². The lowest BCUT2D eigenvalue weighted by Gasteiger charge is -2.07. The fraction of sp³-hybridized carbons (Fsp3) is 0.176. The minimum Gasteiger partial charge on any atom is -0.508 e. The lowest BCUT2D eigenvalue weighted by atomic mass is 10.2. The zero-order valence-corrected chi connectivity index (χ0v) is 13.2. The van der Waals surface area contributed by atoms with Gasteiger partial charge in [0.15, 0.2) is 0 Å². The summed E-state index contributed by atoms with van der Waals surface area (Å²) in [4.78, 5) is 11.7. The molecule has 2 aromatic rings. The third kappa shape index (κ3) is 5.20. The van der Waals surface area contributed by atoms with Crippen LogP contribution in [0, 0.1) is 0 Å². The highest BCUT2D eigenvalue weighted by Gasteiger charge is 2.02. The Labute approximate surface area is 139 Å². The number of nitrogens with one attached hydrogen (secondary N) is 2. The standard InChI is InChI=1S/C17H19N3O4/c1-2-24-15-7-4-13(5-8-15)18-11-17(23)20-19-10-12-3-6-14(21)9-16(12)22/h3-10,18,21-22H,2,11H2,1H3,(H,20,23)/b19-10-. The van der Waals surface area contributed by atoms with Gasteiger partial charge in [0.05, 0.1) is 19.4 Å². The summed E-state index contributed by atoms with van der Waals surface area (Å²) in [5, 5.41) is 25.5. The second kappa shape index (κ2) is 8.42. The Kier molecular flexibility index (Phi) is 6.01. The molecule has 4 N–H and O–H groups in total. The molecule has 0 aliphatic heterocycles. The predicted octanol–water partition coefficient (Wildman–Crippen LogP) is 2.06. The van der Waals surface area contributed by atoms with E-state index < -0.39 is 0 Å². The monoisotopic (exact) mass is 329 g/mol. The van der Waals surface area contributed by atoms with Crippen LogP contribution in [0.3, 0.4) is 0 Å². The quantitative estimate of drug-likeness (QED) is 0.460. The van der Waals surface area contributed by atoms with E-state index in [-0.39, 0.29) is 24.0 Å². The van der Waals surface area contributed by atoms with Crippen molar-refractivity contribution < 1.29 is 19.7 Å². The van der Waals surface area contributed by atoms with Gasteiger partial charge < -0.3 is 20.3 Å². The highest BCUT2D eigenvalue weighted by atomic mass is 16.5. The number of carbonyl (C=O) groups excluding carboxylic acids is 1. The number of rotatable bonds is 7. The number of hydrogen-bond acceptors (Lipinski definition) is 6. The second-order valence-electron chi connectivity index (χ2n) is 4.85. The van der Waals surface area contributed by atoms with Crippen molar-refractivity contribution in [2.24, 2.45) is 5.10 Å². The van der Waals surface area contributed by atoms with E-state index in [4.69, 9.17) is 4.74 Å². The van der Waals surface area contributed by atoms with Crippen molar-refractivity contribution in [2.75, 3.05) is 18.5 Å². The summed E-state index contributed by atoms with van der Waals surface area (Å²) in [5.41, 5.74) is 3.51. The summed E-state index contributed by atoms with van der Waals surface area (Å²) >= 11 is 0. The van der Waals surface area contributed by atoms with Crippen molar-refractivity contribution in [3.8, 4) is 17.2 Å². The number of anilines is 1. The van der Waals surface area contributed by atoms with Crippen LogP contribution < -0.4 is 15.5 Å². The fourth-order valence-corrected chi connectivity index (χ4v) is 1.87. The van der Waals surface area contributed by atoms with Gasteiger partial charge in [-0.2, -0.15) is 5.10 Å². The van der Waals surface area contributed by atoms with Gasteiger partial charge in [-0.1, -0.05) is 0 Å². The molecule has 0 spiro atoms. The first-order valence-electron chi connectivity index (χ1n) is 7.39. The van der Waals surface area contributed by atoms with E-state index in [9.17, 15) is 15.0 Å². The molecular weight excluding hydrogens is 310 g/mol. The van der Waals surface area contributed by atoms with E-state index in [1.807, 2.05) is 31.2 Å². The molecular formula is C17H19N3O4. The summed E-state index contributed by atoms with van der Waals surface area (Å²) in [6.45, 7) is 2.56. The first-order chi connectivity index (χ1) is 11.6. The normalized spacial score (nSPS) is 10.5. The zero-order chi connectivity index (χ0) is 17.4. The number of amides is 1.